The summed E-state index contributed by atoms with van der Waals surface area (Å²) < 4.78 is 13.1. The summed E-state index contributed by atoms with van der Waals surface area (Å²) in [7, 11) is 0. The molecular weight excluding hydrogens is 516 g/mol. The number of aliphatic hydroxyl groups is 1. The standard InChI is InChI=1S/C34H44N2O3S/c1-7-11-25-14-16-26(17-15-25)20-21-36(22-27-12-9-8-10-13-27)23-29(37)28-18-19-30(39-34(4,5)6)31-32(28)40-33(35-31)38-24(2)3/h8-10,12-19,24,29,37H,7,11,20-23H2,1-6H3. The molecule has 0 aliphatic carbocycles. The van der Waals surface area contributed by atoms with Crippen LogP contribution in [0.15, 0.2) is 66.7 Å². The molecule has 0 amide bonds. The Kier molecular flexibility index (Phi) is 10.2. The third-order valence-corrected chi connectivity index (χ3v) is 7.58. The summed E-state index contributed by atoms with van der Waals surface area (Å²) in [5, 5.41) is 12.2. The molecule has 4 rings (SSSR count). The lowest BCUT2D eigenvalue weighted by atomic mass is 10.0. The summed E-state index contributed by atoms with van der Waals surface area (Å²) >= 11 is 1.48. The van der Waals surface area contributed by atoms with Crippen LogP contribution < -0.4 is 9.47 Å². The molecule has 0 bridgehead atoms. The zero-order valence-electron chi connectivity index (χ0n) is 24.8. The molecule has 1 unspecified atom stereocenters. The van der Waals surface area contributed by atoms with Gasteiger partial charge in [-0.15, -0.1) is 0 Å². The largest absolute Gasteiger partial charge is 0.486 e. The van der Waals surface area contributed by atoms with Gasteiger partial charge in [0.05, 0.1) is 16.9 Å². The Bertz CT molecular complexity index is 1340. The van der Waals surface area contributed by atoms with Crippen LogP contribution in [0.5, 0.6) is 10.9 Å². The van der Waals surface area contributed by atoms with Crippen LogP contribution in [-0.2, 0) is 19.4 Å². The fourth-order valence-electron chi connectivity index (χ4n) is 4.78. The second-order valence-electron chi connectivity index (χ2n) is 11.7. The van der Waals surface area contributed by atoms with E-state index in [-0.39, 0.29) is 11.7 Å². The molecule has 0 fully saturated rings. The molecule has 4 aromatic rings. The van der Waals surface area contributed by atoms with Gasteiger partial charge in [0, 0.05) is 25.2 Å². The zero-order valence-corrected chi connectivity index (χ0v) is 25.6. The van der Waals surface area contributed by atoms with Crippen molar-refractivity contribution < 1.29 is 14.6 Å². The lowest BCUT2D eigenvalue weighted by Crippen LogP contribution is -2.30. The van der Waals surface area contributed by atoms with E-state index in [2.05, 4.69) is 60.4 Å². The first kappa shape index (κ1) is 30.0. The van der Waals surface area contributed by atoms with Crippen molar-refractivity contribution in [3.05, 3.63) is 89.0 Å². The monoisotopic (exact) mass is 560 g/mol. The van der Waals surface area contributed by atoms with Crippen LogP contribution in [0.25, 0.3) is 10.2 Å². The molecule has 214 valence electrons. The van der Waals surface area contributed by atoms with Gasteiger partial charge in [-0.25, -0.2) is 0 Å². The number of hydrogen-bond acceptors (Lipinski definition) is 6. The lowest BCUT2D eigenvalue weighted by molar-refractivity contribution is 0.110. The van der Waals surface area contributed by atoms with Gasteiger partial charge >= 0.3 is 0 Å². The first-order valence-electron chi connectivity index (χ1n) is 14.4. The predicted octanol–water partition coefficient (Wildman–Crippen LogP) is 7.99. The molecule has 1 heterocycles. The number of ether oxygens (including phenoxy) is 2. The third kappa shape index (κ3) is 8.53. The van der Waals surface area contributed by atoms with Crippen molar-refractivity contribution in [3.8, 4) is 10.9 Å². The summed E-state index contributed by atoms with van der Waals surface area (Å²) in [4.78, 5) is 7.11. The SMILES string of the molecule is CCCc1ccc(CCN(Cc2ccccc2)CC(O)c2ccc(OC(C)(C)C)c3nc(OC(C)C)sc23)cc1. The highest BCUT2D eigenvalue weighted by atomic mass is 32.1. The van der Waals surface area contributed by atoms with Crippen LogP contribution in [0.3, 0.4) is 0 Å². The Morgan fingerprint density at radius 1 is 0.900 bits per heavy atom. The maximum atomic E-state index is 11.6. The van der Waals surface area contributed by atoms with Gasteiger partial charge in [-0.1, -0.05) is 85.3 Å². The number of nitrogens with zero attached hydrogens (tertiary/aromatic N) is 2. The summed E-state index contributed by atoms with van der Waals surface area (Å²) in [5.41, 5.74) is 5.17. The van der Waals surface area contributed by atoms with Gasteiger partial charge in [0.15, 0.2) is 0 Å². The Morgan fingerprint density at radius 2 is 1.57 bits per heavy atom. The van der Waals surface area contributed by atoms with E-state index in [4.69, 9.17) is 14.5 Å². The van der Waals surface area contributed by atoms with Gasteiger partial charge in [-0.05, 0) is 70.2 Å². The van der Waals surface area contributed by atoms with Crippen LogP contribution in [-0.4, -0.2) is 39.8 Å². The molecule has 0 saturated heterocycles. The fourth-order valence-corrected chi connectivity index (χ4v) is 5.89. The minimum atomic E-state index is -0.686. The first-order valence-corrected chi connectivity index (χ1v) is 15.2. The molecule has 1 aromatic heterocycles. The average molecular weight is 561 g/mol. The van der Waals surface area contributed by atoms with Gasteiger partial charge in [-0.3, -0.25) is 4.90 Å². The highest BCUT2D eigenvalue weighted by molar-refractivity contribution is 7.20. The quantitative estimate of drug-likeness (QED) is 0.180. The normalized spacial score (nSPS) is 12.8. The van der Waals surface area contributed by atoms with Crippen LogP contribution in [0.4, 0.5) is 0 Å². The van der Waals surface area contributed by atoms with Crippen molar-refractivity contribution in [1.82, 2.24) is 9.88 Å². The van der Waals surface area contributed by atoms with Gasteiger partial charge in [0.25, 0.3) is 5.19 Å². The predicted molar refractivity (Wildman–Crippen MR) is 167 cm³/mol. The van der Waals surface area contributed by atoms with Gasteiger partial charge in [0.1, 0.15) is 16.9 Å². The number of aliphatic hydroxyl groups excluding tert-OH is 1. The highest BCUT2D eigenvalue weighted by Crippen LogP contribution is 2.40. The van der Waals surface area contributed by atoms with E-state index in [9.17, 15) is 5.11 Å². The van der Waals surface area contributed by atoms with Crippen LogP contribution in [0.1, 0.15) is 76.3 Å². The lowest BCUT2D eigenvalue weighted by Gasteiger charge is -2.26. The second kappa shape index (κ2) is 13.6. The highest BCUT2D eigenvalue weighted by Gasteiger charge is 2.23. The van der Waals surface area contributed by atoms with Crippen molar-refractivity contribution in [3.63, 3.8) is 0 Å². The number of aromatic nitrogens is 1. The molecule has 1 N–H and O–H groups in total. The molecule has 0 aliphatic heterocycles. The molecule has 0 spiro atoms. The minimum absolute atomic E-state index is 0.0123. The van der Waals surface area contributed by atoms with Crippen molar-refractivity contribution >= 4 is 21.6 Å². The summed E-state index contributed by atoms with van der Waals surface area (Å²) in [6.07, 6.45) is 2.52. The summed E-state index contributed by atoms with van der Waals surface area (Å²) in [6.45, 7) is 14.4. The maximum Gasteiger partial charge on any atom is 0.274 e. The van der Waals surface area contributed by atoms with E-state index >= 15 is 0 Å². The van der Waals surface area contributed by atoms with Gasteiger partial charge < -0.3 is 14.6 Å². The van der Waals surface area contributed by atoms with Crippen molar-refractivity contribution in [1.29, 1.82) is 0 Å². The van der Waals surface area contributed by atoms with E-state index in [0.717, 1.165) is 48.1 Å². The maximum absolute atomic E-state index is 11.6. The molecule has 3 aromatic carbocycles. The molecule has 40 heavy (non-hydrogen) atoms. The van der Waals surface area contributed by atoms with Gasteiger partial charge in [0.2, 0.25) is 0 Å². The first-order chi connectivity index (χ1) is 19.1. The summed E-state index contributed by atoms with van der Waals surface area (Å²) in [6, 6.07) is 23.4. The zero-order chi connectivity index (χ0) is 28.7. The number of hydrogen-bond donors (Lipinski definition) is 1. The number of thiazole rings is 1. The molecular formula is C34H44N2O3S. The van der Waals surface area contributed by atoms with Crippen molar-refractivity contribution in [2.45, 2.75) is 85.2 Å². The smallest absolute Gasteiger partial charge is 0.274 e. The fraction of sp³-hybridized carbons (Fsp3) is 0.441. The molecule has 1 atom stereocenters. The Morgan fingerprint density at radius 3 is 2.20 bits per heavy atom. The molecule has 0 saturated carbocycles. The number of rotatable bonds is 13. The van der Waals surface area contributed by atoms with Crippen molar-refractivity contribution in [2.75, 3.05) is 13.1 Å². The molecule has 5 nitrogen and oxygen atoms in total. The average Bonchev–Trinajstić information content (AvgIpc) is 3.31. The topological polar surface area (TPSA) is 54.8 Å². The van der Waals surface area contributed by atoms with Crippen LogP contribution >= 0.6 is 11.3 Å². The number of fused-ring (bicyclic) bond motifs is 1. The molecule has 0 aliphatic rings. The number of aryl methyl sites for hydroxylation is 1. The van der Waals surface area contributed by atoms with Gasteiger partial charge in [-0.2, -0.15) is 4.98 Å². The number of benzene rings is 3. The van der Waals surface area contributed by atoms with E-state index < -0.39 is 6.10 Å². The van der Waals surface area contributed by atoms with E-state index in [1.54, 1.807) is 0 Å². The minimum Gasteiger partial charge on any atom is -0.486 e. The van der Waals surface area contributed by atoms with Crippen molar-refractivity contribution in [2.24, 2.45) is 0 Å². The second-order valence-corrected chi connectivity index (χ2v) is 12.7. The third-order valence-electron chi connectivity index (χ3n) is 6.59. The van der Waals surface area contributed by atoms with Crippen LogP contribution in [0.2, 0.25) is 0 Å². The van der Waals surface area contributed by atoms with E-state index in [1.165, 1.54) is 28.0 Å². The Hall–Kier alpha value is -2.93. The van der Waals surface area contributed by atoms with E-state index in [1.807, 2.05) is 52.8 Å². The van der Waals surface area contributed by atoms with E-state index in [0.29, 0.717) is 17.5 Å². The molecule has 6 heteroatoms. The summed E-state index contributed by atoms with van der Waals surface area (Å²) in [5.74, 6) is 0.709. The molecule has 0 radical (unpaired) electrons. The Balaban J connectivity index is 1.58. The Labute approximate surface area is 243 Å². The van der Waals surface area contributed by atoms with Crippen LogP contribution in [0, 0.1) is 0 Å².